The normalized spacial score (nSPS) is 22.7. The van der Waals surface area contributed by atoms with E-state index in [4.69, 9.17) is 14.2 Å². The molecule has 3 aliphatic rings. The van der Waals surface area contributed by atoms with Crippen molar-refractivity contribution in [1.29, 1.82) is 0 Å². The summed E-state index contributed by atoms with van der Waals surface area (Å²) in [7, 11) is 0. The van der Waals surface area contributed by atoms with Crippen LogP contribution in [0.4, 0.5) is 10.5 Å². The molecule has 1 aromatic heterocycles. The molecule has 3 aliphatic heterocycles. The molecule has 0 spiro atoms. The number of benzene rings is 2. The highest BCUT2D eigenvalue weighted by Gasteiger charge is 2.44. The van der Waals surface area contributed by atoms with Crippen LogP contribution in [0.2, 0.25) is 0 Å². The fraction of sp³-hybridized carbons (Fsp3) is 0.438. The second kappa shape index (κ2) is 12.5. The van der Waals surface area contributed by atoms with Crippen LogP contribution in [-0.4, -0.2) is 48.3 Å². The van der Waals surface area contributed by atoms with Crippen LogP contribution >= 0.6 is 0 Å². The largest absolute Gasteiger partial charge is 0.494 e. The molecule has 4 heterocycles. The summed E-state index contributed by atoms with van der Waals surface area (Å²) >= 11 is 0. The lowest BCUT2D eigenvalue weighted by atomic mass is 9.73. The molecule has 39 heavy (non-hydrogen) atoms. The van der Waals surface area contributed by atoms with Gasteiger partial charge in [0.25, 0.3) is 0 Å². The Bertz CT molecular complexity index is 1280. The maximum absolute atomic E-state index is 13.3. The first kappa shape index (κ1) is 27.0. The van der Waals surface area contributed by atoms with Gasteiger partial charge < -0.3 is 14.2 Å². The number of nitrogens with zero attached hydrogens (tertiary/aromatic N) is 2. The Morgan fingerprint density at radius 2 is 1.97 bits per heavy atom. The molecule has 1 amide bonds. The van der Waals surface area contributed by atoms with Crippen LogP contribution in [0.25, 0.3) is 10.9 Å². The van der Waals surface area contributed by atoms with Crippen molar-refractivity contribution in [2.45, 2.75) is 51.7 Å². The number of nitrogens with one attached hydrogen (secondary N) is 1. The number of piperidine rings is 3. The average molecular weight is 530 g/mol. The van der Waals surface area contributed by atoms with E-state index in [2.05, 4.69) is 34.8 Å². The molecule has 6 rings (SSSR count). The number of ether oxygens (including phenoxy) is 3. The highest BCUT2D eigenvalue weighted by atomic mass is 16.6. The molecule has 4 unspecified atom stereocenters. The third kappa shape index (κ3) is 6.19. The van der Waals surface area contributed by atoms with Gasteiger partial charge in [-0.1, -0.05) is 19.4 Å². The van der Waals surface area contributed by atoms with Crippen LogP contribution in [0.3, 0.4) is 0 Å². The van der Waals surface area contributed by atoms with Gasteiger partial charge in [-0.15, -0.1) is 6.58 Å². The number of amides is 1. The molecule has 2 bridgehead atoms. The number of fused-ring (bicyclic) bond motifs is 4. The molecular weight excluding hydrogens is 490 g/mol. The molecule has 3 saturated heterocycles. The van der Waals surface area contributed by atoms with Crippen LogP contribution < -0.4 is 14.8 Å². The third-order valence-corrected chi connectivity index (χ3v) is 7.97. The molecule has 0 radical (unpaired) electrons. The summed E-state index contributed by atoms with van der Waals surface area (Å²) in [5, 5.41) is 3.87. The number of hydrogen-bond acceptors (Lipinski definition) is 6. The molecule has 206 valence electrons. The van der Waals surface area contributed by atoms with Crippen molar-refractivity contribution < 1.29 is 19.0 Å². The van der Waals surface area contributed by atoms with Gasteiger partial charge in [-0.05, 0) is 93.1 Å². The van der Waals surface area contributed by atoms with E-state index < -0.39 is 12.2 Å². The lowest BCUT2D eigenvalue weighted by Gasteiger charge is -2.51. The number of pyridine rings is 1. The first-order chi connectivity index (χ1) is 19.1. The Morgan fingerprint density at radius 1 is 1.15 bits per heavy atom. The Morgan fingerprint density at radius 3 is 2.69 bits per heavy atom. The van der Waals surface area contributed by atoms with Gasteiger partial charge in [0.1, 0.15) is 17.6 Å². The first-order valence-corrected chi connectivity index (χ1v) is 14.2. The lowest BCUT2D eigenvalue weighted by molar-refractivity contribution is -0.0473. The van der Waals surface area contributed by atoms with Crippen molar-refractivity contribution in [2.24, 2.45) is 11.8 Å². The zero-order chi connectivity index (χ0) is 27.2. The molecular formula is C32H39N3O4. The minimum absolute atomic E-state index is 0.0706. The summed E-state index contributed by atoms with van der Waals surface area (Å²) in [6.07, 6.45) is 7.12. The van der Waals surface area contributed by atoms with Crippen LogP contribution in [-0.2, 0) is 4.74 Å². The highest BCUT2D eigenvalue weighted by molar-refractivity contribution is 5.87. The molecule has 0 aliphatic carbocycles. The number of carbonyl (C=O) groups is 1. The van der Waals surface area contributed by atoms with Gasteiger partial charge in [0.2, 0.25) is 0 Å². The van der Waals surface area contributed by atoms with Crippen molar-refractivity contribution in [3.8, 4) is 11.5 Å². The minimum Gasteiger partial charge on any atom is -0.494 e. The SMILES string of the molecule is C=CC1CN2CCC1CC2[C@@H](OC(=O)Nc1ccc(OCC)cc1)c1ccnc2ccc(OCCCC)cc12. The lowest BCUT2D eigenvalue weighted by Crippen LogP contribution is -2.55. The molecule has 7 heteroatoms. The summed E-state index contributed by atoms with van der Waals surface area (Å²) in [5.41, 5.74) is 2.47. The highest BCUT2D eigenvalue weighted by Crippen LogP contribution is 2.43. The monoisotopic (exact) mass is 529 g/mol. The molecule has 2 aromatic carbocycles. The smallest absolute Gasteiger partial charge is 0.412 e. The van der Waals surface area contributed by atoms with E-state index in [0.29, 0.717) is 30.7 Å². The van der Waals surface area contributed by atoms with Gasteiger partial charge in [-0.25, -0.2) is 4.79 Å². The van der Waals surface area contributed by atoms with E-state index in [1.807, 2.05) is 55.5 Å². The molecule has 0 saturated carbocycles. The summed E-state index contributed by atoms with van der Waals surface area (Å²) in [4.78, 5) is 20.4. The zero-order valence-electron chi connectivity index (χ0n) is 23.0. The topological polar surface area (TPSA) is 72.9 Å². The molecule has 5 atom stereocenters. The first-order valence-electron chi connectivity index (χ1n) is 14.2. The number of anilines is 1. The van der Waals surface area contributed by atoms with Crippen LogP contribution in [0.1, 0.15) is 51.2 Å². The van der Waals surface area contributed by atoms with Crippen LogP contribution in [0.15, 0.2) is 67.4 Å². The number of aromatic nitrogens is 1. The molecule has 1 N–H and O–H groups in total. The zero-order valence-corrected chi connectivity index (χ0v) is 23.0. The fourth-order valence-electron chi connectivity index (χ4n) is 5.92. The molecule has 7 nitrogen and oxygen atoms in total. The number of hydrogen-bond donors (Lipinski definition) is 1. The van der Waals surface area contributed by atoms with E-state index >= 15 is 0 Å². The van der Waals surface area contributed by atoms with E-state index in [-0.39, 0.29) is 6.04 Å². The van der Waals surface area contributed by atoms with Crippen molar-refractivity contribution in [2.75, 3.05) is 31.6 Å². The quantitative estimate of drug-likeness (QED) is 0.213. The summed E-state index contributed by atoms with van der Waals surface area (Å²) in [5.74, 6) is 2.58. The number of rotatable bonds is 11. The van der Waals surface area contributed by atoms with Gasteiger partial charge in [0, 0.05) is 29.4 Å². The molecule has 3 aromatic rings. The second-order valence-corrected chi connectivity index (χ2v) is 10.4. The average Bonchev–Trinajstić information content (AvgIpc) is 2.97. The number of carbonyl (C=O) groups excluding carboxylic acids is 1. The van der Waals surface area contributed by atoms with Gasteiger partial charge in [0.05, 0.1) is 24.8 Å². The van der Waals surface area contributed by atoms with E-state index in [1.165, 1.54) is 0 Å². The van der Waals surface area contributed by atoms with Crippen molar-refractivity contribution in [3.63, 3.8) is 0 Å². The maximum Gasteiger partial charge on any atom is 0.412 e. The standard InChI is InChI=1S/C32H39N3O4/c1-4-7-18-38-26-12-13-29-28(20-26)27(14-16-33-29)31(30-19-23-15-17-35(30)21-22(23)5-2)39-32(36)34-24-8-10-25(11-9-24)37-6-3/h5,8-14,16,20,22-23,30-31H,2,4,6-7,15,17-19,21H2,1,3H3,(H,34,36)/t22?,23?,30?,31-/m0/s1. The van der Waals surface area contributed by atoms with Crippen LogP contribution in [0.5, 0.6) is 11.5 Å². The Labute approximate surface area is 231 Å². The van der Waals surface area contributed by atoms with E-state index in [0.717, 1.165) is 66.7 Å². The second-order valence-electron chi connectivity index (χ2n) is 10.4. The number of unbranched alkanes of at least 4 members (excludes halogenated alkanes) is 1. The summed E-state index contributed by atoms with van der Waals surface area (Å²) in [6.45, 7) is 11.4. The van der Waals surface area contributed by atoms with Gasteiger partial charge >= 0.3 is 6.09 Å². The molecule has 3 fully saturated rings. The maximum atomic E-state index is 13.3. The van der Waals surface area contributed by atoms with Crippen molar-refractivity contribution >= 4 is 22.7 Å². The Kier molecular flexibility index (Phi) is 8.67. The predicted molar refractivity (Wildman–Crippen MR) is 154 cm³/mol. The fourth-order valence-corrected chi connectivity index (χ4v) is 5.92. The summed E-state index contributed by atoms with van der Waals surface area (Å²) in [6, 6.07) is 15.4. The van der Waals surface area contributed by atoms with E-state index in [9.17, 15) is 4.79 Å². The van der Waals surface area contributed by atoms with E-state index in [1.54, 1.807) is 6.20 Å². The van der Waals surface area contributed by atoms with Gasteiger partial charge in [-0.2, -0.15) is 0 Å². The van der Waals surface area contributed by atoms with Crippen molar-refractivity contribution in [3.05, 3.63) is 72.9 Å². The third-order valence-electron chi connectivity index (χ3n) is 7.97. The minimum atomic E-state index is -0.479. The van der Waals surface area contributed by atoms with Crippen LogP contribution in [0, 0.1) is 11.8 Å². The predicted octanol–water partition coefficient (Wildman–Crippen LogP) is 7.00. The Hall–Kier alpha value is -3.58. The Balaban J connectivity index is 1.45. The summed E-state index contributed by atoms with van der Waals surface area (Å²) < 4.78 is 17.9. The van der Waals surface area contributed by atoms with Crippen molar-refractivity contribution in [1.82, 2.24) is 9.88 Å². The van der Waals surface area contributed by atoms with Gasteiger partial charge in [-0.3, -0.25) is 15.2 Å². The van der Waals surface area contributed by atoms with Gasteiger partial charge in [0.15, 0.2) is 0 Å².